The Kier molecular flexibility index (Phi) is 6.80. The number of nitrogens with one attached hydrogen (secondary N) is 1. The van der Waals surface area contributed by atoms with Crippen LogP contribution in [0.5, 0.6) is 5.88 Å². The predicted molar refractivity (Wildman–Crippen MR) is 134 cm³/mol. The van der Waals surface area contributed by atoms with Crippen LogP contribution in [0, 0.1) is 5.92 Å². The number of hydrogen-bond acceptors (Lipinski definition) is 7. The zero-order valence-corrected chi connectivity index (χ0v) is 21.1. The molecular formula is C26H30N4O4S. The summed E-state index contributed by atoms with van der Waals surface area (Å²) in [6.07, 6.45) is 2.23. The molecule has 1 aromatic carbocycles. The number of sulfonamides is 1. The maximum Gasteiger partial charge on any atom is 0.281 e. The molecule has 4 rings (SSSR count). The SMILES string of the molecule is CC1CCN(c2ncccc2C(=O)NS(=O)(=O)c2cccc(O[C@@H](C)c3ccccc3)n2)C1(C)C. The highest BCUT2D eigenvalue weighted by Crippen LogP contribution is 2.38. The molecular weight excluding hydrogens is 464 g/mol. The van der Waals surface area contributed by atoms with Gasteiger partial charge in [-0.25, -0.2) is 9.71 Å². The van der Waals surface area contributed by atoms with Crippen molar-refractivity contribution < 1.29 is 17.9 Å². The number of carbonyl (C=O) groups is 1. The van der Waals surface area contributed by atoms with Gasteiger partial charge in [0.25, 0.3) is 15.9 Å². The minimum Gasteiger partial charge on any atom is -0.470 e. The van der Waals surface area contributed by atoms with Crippen LogP contribution in [0.15, 0.2) is 71.9 Å². The number of anilines is 1. The normalized spacial score (nSPS) is 18.2. The average molecular weight is 495 g/mol. The van der Waals surface area contributed by atoms with E-state index >= 15 is 0 Å². The van der Waals surface area contributed by atoms with Crippen LogP contribution in [0.3, 0.4) is 0 Å². The predicted octanol–water partition coefficient (Wildman–Crippen LogP) is 4.36. The third-order valence-electron chi connectivity index (χ3n) is 6.74. The first-order chi connectivity index (χ1) is 16.6. The van der Waals surface area contributed by atoms with E-state index < -0.39 is 15.9 Å². The molecule has 2 aromatic heterocycles. The van der Waals surface area contributed by atoms with Crippen molar-refractivity contribution in [1.29, 1.82) is 0 Å². The molecule has 8 nitrogen and oxygen atoms in total. The second-order valence-electron chi connectivity index (χ2n) is 9.29. The number of rotatable bonds is 7. The van der Waals surface area contributed by atoms with Crippen molar-refractivity contribution >= 4 is 21.7 Å². The summed E-state index contributed by atoms with van der Waals surface area (Å²) in [7, 11) is -4.25. The number of nitrogens with zero attached hydrogens (tertiary/aromatic N) is 3. The smallest absolute Gasteiger partial charge is 0.281 e. The van der Waals surface area contributed by atoms with Crippen molar-refractivity contribution in [3.63, 3.8) is 0 Å². The molecule has 1 unspecified atom stereocenters. The minimum absolute atomic E-state index is 0.145. The van der Waals surface area contributed by atoms with E-state index in [1.807, 2.05) is 37.3 Å². The maximum atomic E-state index is 13.1. The summed E-state index contributed by atoms with van der Waals surface area (Å²) in [5.74, 6) is 0.256. The lowest BCUT2D eigenvalue weighted by Crippen LogP contribution is -2.43. The number of amides is 1. The van der Waals surface area contributed by atoms with Crippen LogP contribution in [-0.4, -0.2) is 36.4 Å². The summed E-state index contributed by atoms with van der Waals surface area (Å²) in [6, 6.07) is 17.2. The van der Waals surface area contributed by atoms with Crippen molar-refractivity contribution in [2.24, 2.45) is 5.92 Å². The van der Waals surface area contributed by atoms with Crippen LogP contribution in [0.1, 0.15) is 56.1 Å². The van der Waals surface area contributed by atoms with Gasteiger partial charge in [-0.3, -0.25) is 4.79 Å². The van der Waals surface area contributed by atoms with Crippen LogP contribution in [0.25, 0.3) is 0 Å². The zero-order chi connectivity index (χ0) is 25.2. The molecule has 35 heavy (non-hydrogen) atoms. The Morgan fingerprint density at radius 1 is 1.11 bits per heavy atom. The lowest BCUT2D eigenvalue weighted by atomic mass is 9.90. The monoisotopic (exact) mass is 494 g/mol. The van der Waals surface area contributed by atoms with Gasteiger partial charge in [0.05, 0.1) is 5.56 Å². The first-order valence-electron chi connectivity index (χ1n) is 11.6. The van der Waals surface area contributed by atoms with Crippen molar-refractivity contribution in [3.8, 4) is 5.88 Å². The van der Waals surface area contributed by atoms with E-state index in [9.17, 15) is 13.2 Å². The van der Waals surface area contributed by atoms with Crippen LogP contribution >= 0.6 is 0 Å². The summed E-state index contributed by atoms with van der Waals surface area (Å²) in [5, 5.41) is -0.302. The lowest BCUT2D eigenvalue weighted by molar-refractivity contribution is 0.0981. The number of aromatic nitrogens is 2. The van der Waals surface area contributed by atoms with Gasteiger partial charge in [0.2, 0.25) is 5.88 Å². The van der Waals surface area contributed by atoms with Crippen molar-refractivity contribution in [3.05, 3.63) is 78.0 Å². The molecule has 0 bridgehead atoms. The fourth-order valence-corrected chi connectivity index (χ4v) is 5.14. The van der Waals surface area contributed by atoms with E-state index in [0.29, 0.717) is 11.7 Å². The first-order valence-corrected chi connectivity index (χ1v) is 13.1. The molecule has 1 N–H and O–H groups in total. The Morgan fingerprint density at radius 2 is 1.86 bits per heavy atom. The summed E-state index contributed by atoms with van der Waals surface area (Å²) >= 11 is 0. The highest BCUT2D eigenvalue weighted by molar-refractivity contribution is 7.90. The van der Waals surface area contributed by atoms with Crippen LogP contribution < -0.4 is 14.4 Å². The molecule has 0 saturated carbocycles. The molecule has 1 amide bonds. The molecule has 3 heterocycles. The van der Waals surface area contributed by atoms with Gasteiger partial charge in [-0.15, -0.1) is 0 Å². The Morgan fingerprint density at radius 3 is 2.54 bits per heavy atom. The van der Waals surface area contributed by atoms with Crippen molar-refractivity contribution in [2.45, 2.75) is 50.8 Å². The molecule has 0 aliphatic carbocycles. The fraction of sp³-hybridized carbons (Fsp3) is 0.346. The molecule has 1 fully saturated rings. The highest BCUT2D eigenvalue weighted by Gasteiger charge is 2.40. The Balaban J connectivity index is 1.55. The molecule has 3 aromatic rings. The molecule has 9 heteroatoms. The summed E-state index contributed by atoms with van der Waals surface area (Å²) in [5.41, 5.74) is 0.910. The van der Waals surface area contributed by atoms with Crippen LogP contribution in [0.2, 0.25) is 0 Å². The number of carbonyl (C=O) groups excluding carboxylic acids is 1. The Hall–Kier alpha value is -3.46. The largest absolute Gasteiger partial charge is 0.470 e. The van der Waals surface area contributed by atoms with E-state index in [-0.39, 0.29) is 28.1 Å². The van der Waals surface area contributed by atoms with Crippen molar-refractivity contribution in [2.75, 3.05) is 11.4 Å². The third-order valence-corrected chi connectivity index (χ3v) is 7.97. The quantitative estimate of drug-likeness (QED) is 0.521. The van der Waals surface area contributed by atoms with E-state index in [2.05, 4.69) is 40.4 Å². The van der Waals surface area contributed by atoms with Gasteiger partial charge in [0.15, 0.2) is 5.03 Å². The van der Waals surface area contributed by atoms with Crippen LogP contribution in [0.4, 0.5) is 5.82 Å². The number of pyridine rings is 2. The van der Waals surface area contributed by atoms with Gasteiger partial charge in [-0.2, -0.15) is 13.4 Å². The second-order valence-corrected chi connectivity index (χ2v) is 10.9. The zero-order valence-electron chi connectivity index (χ0n) is 20.3. The number of hydrogen-bond donors (Lipinski definition) is 1. The van der Waals surface area contributed by atoms with E-state index in [0.717, 1.165) is 18.5 Å². The lowest BCUT2D eigenvalue weighted by Gasteiger charge is -2.36. The number of benzene rings is 1. The Labute approximate surface area is 206 Å². The van der Waals surface area contributed by atoms with Gasteiger partial charge >= 0.3 is 0 Å². The molecule has 184 valence electrons. The minimum atomic E-state index is -4.25. The number of ether oxygens (including phenoxy) is 1. The second kappa shape index (κ2) is 9.65. The summed E-state index contributed by atoms with van der Waals surface area (Å²) in [4.78, 5) is 23.8. The van der Waals surface area contributed by atoms with Gasteiger partial charge < -0.3 is 9.64 Å². The van der Waals surface area contributed by atoms with E-state index in [4.69, 9.17) is 4.74 Å². The Bertz CT molecular complexity index is 1310. The van der Waals surface area contributed by atoms with E-state index in [1.54, 1.807) is 24.4 Å². The molecule has 1 aliphatic heterocycles. The van der Waals surface area contributed by atoms with Gasteiger partial charge in [-0.05, 0) is 56.9 Å². The molecule has 1 aliphatic rings. The average Bonchev–Trinajstić information content (AvgIpc) is 3.11. The standard InChI is InChI=1S/C26H30N4O4S/c1-18-15-17-30(26(18,3)4)24-21(12-9-16-27-24)25(31)29-35(32,33)23-14-8-13-22(28-23)34-19(2)20-10-6-5-7-11-20/h5-14,16,18-19H,15,17H2,1-4H3,(H,29,31)/t18?,19-/m0/s1. The van der Waals surface area contributed by atoms with Gasteiger partial charge in [0, 0.05) is 24.3 Å². The molecule has 0 radical (unpaired) electrons. The van der Waals surface area contributed by atoms with Gasteiger partial charge in [-0.1, -0.05) is 43.3 Å². The molecule has 1 saturated heterocycles. The first kappa shape index (κ1) is 24.7. The third kappa shape index (κ3) is 5.14. The highest BCUT2D eigenvalue weighted by atomic mass is 32.2. The maximum absolute atomic E-state index is 13.1. The van der Waals surface area contributed by atoms with Gasteiger partial charge in [0.1, 0.15) is 11.9 Å². The summed E-state index contributed by atoms with van der Waals surface area (Å²) < 4.78 is 34.1. The van der Waals surface area contributed by atoms with Crippen LogP contribution in [-0.2, 0) is 10.0 Å². The summed E-state index contributed by atoms with van der Waals surface area (Å²) in [6.45, 7) is 8.95. The fourth-order valence-electron chi connectivity index (χ4n) is 4.21. The molecule has 0 spiro atoms. The van der Waals surface area contributed by atoms with E-state index in [1.165, 1.54) is 12.1 Å². The van der Waals surface area contributed by atoms with Crippen molar-refractivity contribution in [1.82, 2.24) is 14.7 Å². The topological polar surface area (TPSA) is 101 Å². The molecule has 2 atom stereocenters.